The molecule has 0 fully saturated rings. The molecule has 0 unspecified atom stereocenters. The minimum absolute atomic E-state index is 0.384. The summed E-state index contributed by atoms with van der Waals surface area (Å²) < 4.78 is 36.9. The van der Waals surface area contributed by atoms with E-state index in [1.54, 1.807) is 0 Å². The summed E-state index contributed by atoms with van der Waals surface area (Å²) in [6.07, 6.45) is -2.37. The highest BCUT2D eigenvalue weighted by molar-refractivity contribution is 7.99. The zero-order valence-corrected chi connectivity index (χ0v) is 9.29. The molecule has 1 nitrogen and oxygen atoms in total. The molecule has 0 aliphatic rings. The number of pyridine rings is 1. The fraction of sp³-hybridized carbons (Fsp3) is 0.444. The number of hydrogen-bond acceptors (Lipinski definition) is 2. The summed E-state index contributed by atoms with van der Waals surface area (Å²) in [6, 6.07) is 2.02. The lowest BCUT2D eigenvalue weighted by Crippen LogP contribution is -2.05. The maximum atomic E-state index is 12.3. The second-order valence-electron chi connectivity index (χ2n) is 2.77. The summed E-state index contributed by atoms with van der Waals surface area (Å²) in [5.74, 6) is 1.18. The Morgan fingerprint density at radius 1 is 1.40 bits per heavy atom. The largest absolute Gasteiger partial charge is 0.416 e. The van der Waals surface area contributed by atoms with E-state index in [1.165, 1.54) is 18.0 Å². The van der Waals surface area contributed by atoms with Crippen LogP contribution in [0.2, 0.25) is 0 Å². The lowest BCUT2D eigenvalue weighted by Gasteiger charge is -2.07. The molecule has 6 heteroatoms. The van der Waals surface area contributed by atoms with E-state index in [4.69, 9.17) is 11.6 Å². The van der Waals surface area contributed by atoms with Gasteiger partial charge in [0.2, 0.25) is 0 Å². The van der Waals surface area contributed by atoms with Crippen molar-refractivity contribution >= 4 is 23.4 Å². The molecule has 84 valence electrons. The van der Waals surface area contributed by atoms with E-state index in [-0.39, 0.29) is 0 Å². The first-order valence-electron chi connectivity index (χ1n) is 4.26. The van der Waals surface area contributed by atoms with Crippen LogP contribution in [-0.4, -0.2) is 16.6 Å². The van der Waals surface area contributed by atoms with Crippen molar-refractivity contribution < 1.29 is 13.2 Å². The highest BCUT2D eigenvalue weighted by Gasteiger charge is 2.30. The molecule has 0 saturated heterocycles. The molecule has 0 N–H and O–H groups in total. The molecule has 0 spiro atoms. The van der Waals surface area contributed by atoms with Gasteiger partial charge >= 0.3 is 6.18 Å². The predicted octanol–water partition coefficient (Wildman–Crippen LogP) is 3.82. The van der Waals surface area contributed by atoms with Crippen LogP contribution >= 0.6 is 23.4 Å². The van der Waals surface area contributed by atoms with Gasteiger partial charge in [0.25, 0.3) is 0 Å². The van der Waals surface area contributed by atoms with Crippen molar-refractivity contribution in [1.29, 1.82) is 0 Å². The van der Waals surface area contributed by atoms with Crippen LogP contribution in [0.3, 0.4) is 0 Å². The van der Waals surface area contributed by atoms with Gasteiger partial charge in [-0.25, -0.2) is 4.98 Å². The van der Waals surface area contributed by atoms with Gasteiger partial charge in [0.1, 0.15) is 0 Å². The molecular weight excluding hydrogens is 247 g/mol. The van der Waals surface area contributed by atoms with E-state index in [9.17, 15) is 13.2 Å². The minimum atomic E-state index is -4.30. The molecule has 0 amide bonds. The Hall–Kier alpha value is -0.420. The molecule has 1 heterocycles. The summed E-state index contributed by atoms with van der Waals surface area (Å²) in [5, 5.41) is 0.384. The van der Waals surface area contributed by atoms with E-state index in [1.807, 2.05) is 0 Å². The molecule has 0 aliphatic carbocycles. The Morgan fingerprint density at radius 2 is 2.13 bits per heavy atom. The lowest BCUT2D eigenvalue weighted by molar-refractivity contribution is -0.137. The molecule has 1 rings (SSSR count). The number of thioether (sulfide) groups is 1. The molecule has 1 aromatic rings. The Labute approximate surface area is 95.0 Å². The van der Waals surface area contributed by atoms with Crippen LogP contribution in [0.4, 0.5) is 13.2 Å². The van der Waals surface area contributed by atoms with Crippen LogP contribution in [-0.2, 0) is 6.18 Å². The van der Waals surface area contributed by atoms with Gasteiger partial charge in [0, 0.05) is 17.8 Å². The highest BCUT2D eigenvalue weighted by Crippen LogP contribution is 2.30. The summed E-state index contributed by atoms with van der Waals surface area (Å²) in [5.41, 5.74) is -0.661. The number of aromatic nitrogens is 1. The van der Waals surface area contributed by atoms with Crippen LogP contribution in [0, 0.1) is 0 Å². The Kier molecular flexibility index (Phi) is 4.73. The number of rotatable bonds is 4. The molecule has 0 bridgehead atoms. The van der Waals surface area contributed by atoms with Gasteiger partial charge in [-0.3, -0.25) is 0 Å². The monoisotopic (exact) mass is 255 g/mol. The standard InChI is InChI=1S/C9H9ClF3NS/c10-3-1-5-15-8-6-7(2-4-14-8)9(11,12)13/h2,4,6H,1,3,5H2. The van der Waals surface area contributed by atoms with Gasteiger partial charge in [-0.05, 0) is 18.6 Å². The third-order valence-corrected chi connectivity index (χ3v) is 2.87. The highest BCUT2D eigenvalue weighted by atomic mass is 35.5. The summed E-state index contributed by atoms with van der Waals surface area (Å²) in [7, 11) is 0. The van der Waals surface area contributed by atoms with Crippen LogP contribution in [0.15, 0.2) is 23.4 Å². The van der Waals surface area contributed by atoms with Gasteiger partial charge in [0.15, 0.2) is 0 Å². The maximum absolute atomic E-state index is 12.3. The van der Waals surface area contributed by atoms with Gasteiger partial charge in [-0.1, -0.05) is 0 Å². The van der Waals surface area contributed by atoms with Crippen molar-refractivity contribution in [2.24, 2.45) is 0 Å². The van der Waals surface area contributed by atoms with Crippen LogP contribution < -0.4 is 0 Å². The van der Waals surface area contributed by atoms with Crippen LogP contribution in [0.25, 0.3) is 0 Å². The van der Waals surface area contributed by atoms with E-state index in [0.717, 1.165) is 18.6 Å². The lowest BCUT2D eigenvalue weighted by atomic mass is 10.3. The van der Waals surface area contributed by atoms with Crippen molar-refractivity contribution in [3.8, 4) is 0 Å². The first-order chi connectivity index (χ1) is 7.04. The topological polar surface area (TPSA) is 12.9 Å². The zero-order valence-electron chi connectivity index (χ0n) is 7.72. The smallest absolute Gasteiger partial charge is 0.250 e. The minimum Gasteiger partial charge on any atom is -0.250 e. The molecule has 0 radical (unpaired) electrons. The first-order valence-corrected chi connectivity index (χ1v) is 5.78. The molecule has 0 aliphatic heterocycles. The van der Waals surface area contributed by atoms with Crippen molar-refractivity contribution in [1.82, 2.24) is 4.98 Å². The molecule has 1 aromatic heterocycles. The molecule has 0 aromatic carbocycles. The number of nitrogens with zero attached hydrogens (tertiary/aromatic N) is 1. The van der Waals surface area contributed by atoms with E-state index < -0.39 is 11.7 Å². The second kappa shape index (κ2) is 5.61. The van der Waals surface area contributed by atoms with Gasteiger partial charge in [-0.2, -0.15) is 13.2 Å². The van der Waals surface area contributed by atoms with Gasteiger partial charge in [0.05, 0.1) is 10.6 Å². The van der Waals surface area contributed by atoms with E-state index >= 15 is 0 Å². The fourth-order valence-corrected chi connectivity index (χ4v) is 2.03. The molecular formula is C9H9ClF3NS. The van der Waals surface area contributed by atoms with Crippen molar-refractivity contribution in [3.63, 3.8) is 0 Å². The third-order valence-electron chi connectivity index (χ3n) is 1.59. The van der Waals surface area contributed by atoms with Crippen LogP contribution in [0.1, 0.15) is 12.0 Å². The first kappa shape index (κ1) is 12.6. The van der Waals surface area contributed by atoms with Crippen molar-refractivity contribution in [2.45, 2.75) is 17.6 Å². The zero-order chi connectivity index (χ0) is 11.3. The summed E-state index contributed by atoms with van der Waals surface area (Å²) in [4.78, 5) is 3.84. The Balaban J connectivity index is 2.66. The predicted molar refractivity (Wildman–Crippen MR) is 55.3 cm³/mol. The van der Waals surface area contributed by atoms with Gasteiger partial charge in [-0.15, -0.1) is 23.4 Å². The maximum Gasteiger partial charge on any atom is 0.416 e. The summed E-state index contributed by atoms with van der Waals surface area (Å²) in [6.45, 7) is 0. The molecule has 0 atom stereocenters. The average molecular weight is 256 g/mol. The Bertz CT molecular complexity index is 316. The quantitative estimate of drug-likeness (QED) is 0.461. The Morgan fingerprint density at radius 3 is 2.73 bits per heavy atom. The normalized spacial score (nSPS) is 11.7. The van der Waals surface area contributed by atoms with Gasteiger partial charge < -0.3 is 0 Å². The summed E-state index contributed by atoms with van der Waals surface area (Å²) >= 11 is 6.74. The van der Waals surface area contributed by atoms with Crippen LogP contribution in [0.5, 0.6) is 0 Å². The molecule has 0 saturated carbocycles. The number of halogens is 4. The number of hydrogen-bond donors (Lipinski definition) is 0. The average Bonchev–Trinajstić information content (AvgIpc) is 2.17. The molecule has 15 heavy (non-hydrogen) atoms. The number of alkyl halides is 4. The van der Waals surface area contributed by atoms with E-state index in [0.29, 0.717) is 16.7 Å². The fourth-order valence-electron chi connectivity index (χ4n) is 0.896. The van der Waals surface area contributed by atoms with Crippen molar-refractivity contribution in [3.05, 3.63) is 23.9 Å². The van der Waals surface area contributed by atoms with Crippen molar-refractivity contribution in [2.75, 3.05) is 11.6 Å². The third kappa shape index (κ3) is 4.30. The SMILES string of the molecule is FC(F)(F)c1ccnc(SCCCCl)c1. The second-order valence-corrected chi connectivity index (χ2v) is 4.26. The van der Waals surface area contributed by atoms with E-state index in [2.05, 4.69) is 4.98 Å².